The average molecular weight is 435 g/mol. The number of halogens is 1. The number of methoxy groups -OCH3 is 1. The Hall–Kier alpha value is -3.32. The minimum absolute atomic E-state index is 0.711. The molecule has 1 aliphatic rings. The first-order chi connectivity index (χ1) is 15.2. The Bertz CT molecular complexity index is 1230. The maximum atomic E-state index is 6.33. The van der Waals surface area contributed by atoms with Crippen LogP contribution in [-0.2, 0) is 0 Å². The van der Waals surface area contributed by atoms with E-state index >= 15 is 0 Å². The summed E-state index contributed by atoms with van der Waals surface area (Å²) in [4.78, 5) is 13.7. The van der Waals surface area contributed by atoms with Gasteiger partial charge in [0.1, 0.15) is 17.9 Å². The highest BCUT2D eigenvalue weighted by Crippen LogP contribution is 2.31. The highest BCUT2D eigenvalue weighted by Gasteiger charge is 2.23. The molecule has 0 N–H and O–H groups in total. The van der Waals surface area contributed by atoms with E-state index in [9.17, 15) is 0 Å². The smallest absolute Gasteiger partial charge is 0.168 e. The highest BCUT2D eigenvalue weighted by atomic mass is 35.5. The molecule has 8 heteroatoms. The second-order valence-corrected chi connectivity index (χ2v) is 7.98. The summed E-state index contributed by atoms with van der Waals surface area (Å²) < 4.78 is 7.35. The second-order valence-electron chi connectivity index (χ2n) is 7.57. The van der Waals surface area contributed by atoms with E-state index in [0.29, 0.717) is 5.02 Å². The first-order valence-corrected chi connectivity index (χ1v) is 10.6. The van der Waals surface area contributed by atoms with Gasteiger partial charge in [0.2, 0.25) is 0 Å². The van der Waals surface area contributed by atoms with Gasteiger partial charge in [-0.2, -0.15) is 5.10 Å². The van der Waals surface area contributed by atoms with Gasteiger partial charge in [0.05, 0.1) is 30.1 Å². The van der Waals surface area contributed by atoms with Gasteiger partial charge < -0.3 is 14.5 Å². The number of para-hydroxylation sites is 2. The van der Waals surface area contributed by atoms with Crippen molar-refractivity contribution >= 4 is 34.1 Å². The number of aryl methyl sites for hydroxylation is 1. The fraction of sp³-hybridized carbons (Fsp3) is 0.261. The number of aromatic nitrogens is 4. The molecular formula is C23H23ClN6O. The van der Waals surface area contributed by atoms with Gasteiger partial charge in [-0.3, -0.25) is 0 Å². The third-order valence-electron chi connectivity index (χ3n) is 5.75. The zero-order chi connectivity index (χ0) is 21.4. The molecule has 2 aromatic carbocycles. The van der Waals surface area contributed by atoms with Crippen LogP contribution in [0.15, 0.2) is 55.0 Å². The quantitative estimate of drug-likeness (QED) is 0.481. The van der Waals surface area contributed by atoms with E-state index in [1.54, 1.807) is 13.4 Å². The highest BCUT2D eigenvalue weighted by molar-refractivity contribution is 6.31. The number of hydrogen-bond acceptors (Lipinski definition) is 6. The molecule has 0 spiro atoms. The largest absolute Gasteiger partial charge is 0.495 e. The summed E-state index contributed by atoms with van der Waals surface area (Å²) in [7, 11) is 1.71. The van der Waals surface area contributed by atoms with Crippen LogP contribution in [0.2, 0.25) is 5.02 Å². The molecule has 1 saturated heterocycles. The third-order valence-corrected chi connectivity index (χ3v) is 6.16. The normalized spacial score (nSPS) is 14.3. The molecule has 1 fully saturated rings. The molecule has 0 bridgehead atoms. The third kappa shape index (κ3) is 3.55. The minimum atomic E-state index is 0.711. The van der Waals surface area contributed by atoms with E-state index in [1.165, 1.54) is 0 Å². The van der Waals surface area contributed by atoms with Crippen LogP contribution in [0, 0.1) is 6.92 Å². The fourth-order valence-corrected chi connectivity index (χ4v) is 4.21. The number of piperazine rings is 1. The predicted molar refractivity (Wildman–Crippen MR) is 124 cm³/mol. The van der Waals surface area contributed by atoms with E-state index < -0.39 is 0 Å². The van der Waals surface area contributed by atoms with Crippen LogP contribution in [0.25, 0.3) is 16.7 Å². The van der Waals surface area contributed by atoms with Crippen LogP contribution < -0.4 is 14.5 Å². The van der Waals surface area contributed by atoms with Gasteiger partial charge in [-0.25, -0.2) is 14.6 Å². The van der Waals surface area contributed by atoms with Crippen molar-refractivity contribution in [2.75, 3.05) is 43.1 Å². The van der Waals surface area contributed by atoms with Crippen LogP contribution >= 0.6 is 11.6 Å². The molecule has 4 aromatic rings. The number of nitrogens with zero attached hydrogens (tertiary/aromatic N) is 6. The molecule has 31 heavy (non-hydrogen) atoms. The van der Waals surface area contributed by atoms with Crippen molar-refractivity contribution in [2.45, 2.75) is 6.92 Å². The molecule has 0 aliphatic carbocycles. The molecule has 158 valence electrons. The Balaban J connectivity index is 1.42. The molecule has 1 aliphatic heterocycles. The maximum Gasteiger partial charge on any atom is 0.168 e. The predicted octanol–water partition coefficient (Wildman–Crippen LogP) is 4.11. The topological polar surface area (TPSA) is 59.3 Å². The van der Waals surface area contributed by atoms with E-state index in [1.807, 2.05) is 54.2 Å². The van der Waals surface area contributed by atoms with Crippen molar-refractivity contribution in [2.24, 2.45) is 0 Å². The zero-order valence-corrected chi connectivity index (χ0v) is 18.3. The molecule has 7 nitrogen and oxygen atoms in total. The molecule has 0 amide bonds. The maximum absolute atomic E-state index is 6.33. The molecular weight excluding hydrogens is 412 g/mol. The molecule has 2 aromatic heterocycles. The Morgan fingerprint density at radius 1 is 0.968 bits per heavy atom. The standard InChI is InChI=1S/C23H23ClN6O/c1-16-7-8-17(13-19(16)24)30-23-18(14-27-30)22(25-15-26-23)29-11-9-28(10-12-29)20-5-3-4-6-21(20)31-2/h3-8,13-15H,9-12H2,1-2H3. The summed E-state index contributed by atoms with van der Waals surface area (Å²) in [6.07, 6.45) is 3.45. The molecule has 5 rings (SSSR count). The number of rotatable bonds is 4. The van der Waals surface area contributed by atoms with Gasteiger partial charge in [-0.15, -0.1) is 0 Å². The van der Waals surface area contributed by atoms with Crippen LogP contribution in [0.5, 0.6) is 5.75 Å². The Kier molecular flexibility index (Phi) is 5.11. The van der Waals surface area contributed by atoms with E-state index in [4.69, 9.17) is 16.3 Å². The van der Waals surface area contributed by atoms with Gasteiger partial charge >= 0.3 is 0 Å². The lowest BCUT2D eigenvalue weighted by Gasteiger charge is -2.37. The van der Waals surface area contributed by atoms with Crippen LogP contribution in [-0.4, -0.2) is 53.0 Å². The van der Waals surface area contributed by atoms with Gasteiger partial charge in [0.15, 0.2) is 5.65 Å². The van der Waals surface area contributed by atoms with Gasteiger partial charge in [-0.1, -0.05) is 29.8 Å². The first-order valence-electron chi connectivity index (χ1n) is 10.2. The summed E-state index contributed by atoms with van der Waals surface area (Å²) in [5.41, 5.74) is 3.82. The molecule has 3 heterocycles. The number of hydrogen-bond donors (Lipinski definition) is 0. The monoisotopic (exact) mass is 434 g/mol. The first kappa shape index (κ1) is 19.6. The summed E-state index contributed by atoms with van der Waals surface area (Å²) in [6, 6.07) is 14.1. The van der Waals surface area contributed by atoms with Crippen LogP contribution in [0.1, 0.15) is 5.56 Å². The van der Waals surface area contributed by atoms with Crippen molar-refractivity contribution in [1.29, 1.82) is 0 Å². The Morgan fingerprint density at radius 3 is 2.52 bits per heavy atom. The fourth-order valence-electron chi connectivity index (χ4n) is 4.04. The van der Waals surface area contributed by atoms with E-state index in [0.717, 1.165) is 65.7 Å². The summed E-state index contributed by atoms with van der Waals surface area (Å²) >= 11 is 6.33. The number of ether oxygens (including phenoxy) is 1. The Labute approximate surface area is 185 Å². The van der Waals surface area contributed by atoms with Crippen molar-refractivity contribution in [3.63, 3.8) is 0 Å². The lowest BCUT2D eigenvalue weighted by Crippen LogP contribution is -2.47. The number of benzene rings is 2. The van der Waals surface area contributed by atoms with E-state index in [-0.39, 0.29) is 0 Å². The summed E-state index contributed by atoms with van der Waals surface area (Å²) in [5, 5.41) is 6.23. The molecule has 0 unspecified atom stereocenters. The minimum Gasteiger partial charge on any atom is -0.495 e. The lowest BCUT2D eigenvalue weighted by atomic mass is 10.2. The molecule has 0 saturated carbocycles. The van der Waals surface area contributed by atoms with Crippen LogP contribution in [0.4, 0.5) is 11.5 Å². The van der Waals surface area contributed by atoms with Gasteiger partial charge in [0.25, 0.3) is 0 Å². The lowest BCUT2D eigenvalue weighted by molar-refractivity contribution is 0.413. The van der Waals surface area contributed by atoms with Gasteiger partial charge in [0, 0.05) is 31.2 Å². The SMILES string of the molecule is COc1ccccc1N1CCN(c2ncnc3c2cnn3-c2ccc(C)c(Cl)c2)CC1. The van der Waals surface area contributed by atoms with Crippen LogP contribution in [0.3, 0.4) is 0 Å². The molecule has 0 radical (unpaired) electrons. The second kappa shape index (κ2) is 8.07. The van der Waals surface area contributed by atoms with Crippen molar-refractivity contribution in [3.05, 3.63) is 65.6 Å². The summed E-state index contributed by atoms with van der Waals surface area (Å²) in [5.74, 6) is 1.81. The van der Waals surface area contributed by atoms with Crippen molar-refractivity contribution in [1.82, 2.24) is 19.7 Å². The van der Waals surface area contributed by atoms with Crippen molar-refractivity contribution < 1.29 is 4.74 Å². The Morgan fingerprint density at radius 2 is 1.74 bits per heavy atom. The number of anilines is 2. The molecule has 0 atom stereocenters. The van der Waals surface area contributed by atoms with Crippen molar-refractivity contribution in [3.8, 4) is 11.4 Å². The number of fused-ring (bicyclic) bond motifs is 1. The van der Waals surface area contributed by atoms with Gasteiger partial charge in [-0.05, 0) is 36.8 Å². The zero-order valence-electron chi connectivity index (χ0n) is 17.5. The average Bonchev–Trinajstić information content (AvgIpc) is 3.25. The van der Waals surface area contributed by atoms with E-state index in [2.05, 4.69) is 30.9 Å². The summed E-state index contributed by atoms with van der Waals surface area (Å²) in [6.45, 7) is 5.46.